The lowest BCUT2D eigenvalue weighted by molar-refractivity contribution is 0.184. The number of nitrogens with one attached hydrogen (secondary N) is 1. The summed E-state index contributed by atoms with van der Waals surface area (Å²) >= 11 is 0. The van der Waals surface area contributed by atoms with Crippen molar-refractivity contribution in [3.8, 4) is 0 Å². The van der Waals surface area contributed by atoms with Crippen LogP contribution in [-0.4, -0.2) is 25.8 Å². The number of rotatable bonds is 3. The molecule has 0 aromatic rings. The number of hydrogen-bond acceptors (Lipinski definition) is 2. The summed E-state index contributed by atoms with van der Waals surface area (Å²) in [6, 6.07) is 0.851. The average molecular weight is 181 g/mol. The van der Waals surface area contributed by atoms with Gasteiger partial charge in [0.05, 0.1) is 6.61 Å². The van der Waals surface area contributed by atoms with Crippen LogP contribution in [0.25, 0.3) is 0 Å². The van der Waals surface area contributed by atoms with Gasteiger partial charge in [0.15, 0.2) is 0 Å². The van der Waals surface area contributed by atoms with Crippen LogP contribution in [0.2, 0.25) is 0 Å². The molecule has 13 heavy (non-hydrogen) atoms. The lowest BCUT2D eigenvalue weighted by atomic mass is 10.1. The Morgan fingerprint density at radius 3 is 2.69 bits per heavy atom. The molecule has 2 aliphatic carbocycles. The molecular formula is C11H19NO. The standard InChI is InChI=1S/C11H19NO/c1-2-13-7-8(1)6-12-11-4-9-3-10(9)5-11/h8-12H,1-7H2. The van der Waals surface area contributed by atoms with Gasteiger partial charge in [0.1, 0.15) is 0 Å². The van der Waals surface area contributed by atoms with Gasteiger partial charge in [0.25, 0.3) is 0 Å². The first-order valence-electron chi connectivity index (χ1n) is 5.73. The van der Waals surface area contributed by atoms with Gasteiger partial charge < -0.3 is 10.1 Å². The van der Waals surface area contributed by atoms with E-state index in [4.69, 9.17) is 4.74 Å². The maximum absolute atomic E-state index is 5.36. The molecule has 0 spiro atoms. The normalized spacial score (nSPS) is 48.0. The average Bonchev–Trinajstić information content (AvgIpc) is 2.64. The van der Waals surface area contributed by atoms with E-state index >= 15 is 0 Å². The van der Waals surface area contributed by atoms with Crippen molar-refractivity contribution in [2.24, 2.45) is 17.8 Å². The van der Waals surface area contributed by atoms with E-state index in [0.29, 0.717) is 0 Å². The highest BCUT2D eigenvalue weighted by Gasteiger charge is 2.45. The van der Waals surface area contributed by atoms with Crippen molar-refractivity contribution in [1.29, 1.82) is 0 Å². The Morgan fingerprint density at radius 2 is 2.00 bits per heavy atom. The second-order valence-corrected chi connectivity index (χ2v) is 5.06. The largest absolute Gasteiger partial charge is 0.381 e. The third kappa shape index (κ3) is 1.75. The summed E-state index contributed by atoms with van der Waals surface area (Å²) in [6.45, 7) is 3.18. The van der Waals surface area contributed by atoms with Gasteiger partial charge in [0.2, 0.25) is 0 Å². The van der Waals surface area contributed by atoms with Gasteiger partial charge in [-0.05, 0) is 43.4 Å². The lowest BCUT2D eigenvalue weighted by Crippen LogP contribution is -2.32. The minimum absolute atomic E-state index is 0.803. The van der Waals surface area contributed by atoms with Crippen molar-refractivity contribution in [3.05, 3.63) is 0 Å². The molecule has 2 heteroatoms. The number of ether oxygens (including phenoxy) is 1. The van der Waals surface area contributed by atoms with Crippen molar-refractivity contribution in [2.75, 3.05) is 19.8 Å². The molecule has 2 saturated carbocycles. The van der Waals surface area contributed by atoms with Gasteiger partial charge in [0, 0.05) is 19.2 Å². The second-order valence-electron chi connectivity index (χ2n) is 5.06. The monoisotopic (exact) mass is 181 g/mol. The van der Waals surface area contributed by atoms with Gasteiger partial charge in [-0.1, -0.05) is 0 Å². The first-order valence-corrected chi connectivity index (χ1v) is 5.73. The molecule has 0 aromatic carbocycles. The minimum Gasteiger partial charge on any atom is -0.381 e. The molecule has 3 fully saturated rings. The Kier molecular flexibility index (Phi) is 2.06. The van der Waals surface area contributed by atoms with E-state index in [9.17, 15) is 0 Å². The van der Waals surface area contributed by atoms with Crippen LogP contribution in [-0.2, 0) is 4.74 Å². The molecule has 1 aliphatic heterocycles. The van der Waals surface area contributed by atoms with E-state index in [1.54, 1.807) is 0 Å². The highest BCUT2D eigenvalue weighted by molar-refractivity contribution is 4.98. The number of hydrogen-bond donors (Lipinski definition) is 1. The van der Waals surface area contributed by atoms with Gasteiger partial charge in [-0.3, -0.25) is 0 Å². The zero-order valence-electron chi connectivity index (χ0n) is 8.17. The van der Waals surface area contributed by atoms with E-state index in [1.165, 1.54) is 32.2 Å². The Morgan fingerprint density at radius 1 is 1.15 bits per heavy atom. The van der Waals surface area contributed by atoms with E-state index in [0.717, 1.165) is 37.0 Å². The Balaban J connectivity index is 1.38. The second kappa shape index (κ2) is 3.25. The van der Waals surface area contributed by atoms with Crippen LogP contribution in [0.1, 0.15) is 25.7 Å². The van der Waals surface area contributed by atoms with Gasteiger partial charge >= 0.3 is 0 Å². The van der Waals surface area contributed by atoms with Crippen molar-refractivity contribution in [2.45, 2.75) is 31.7 Å². The van der Waals surface area contributed by atoms with Crippen molar-refractivity contribution >= 4 is 0 Å². The third-order valence-electron chi connectivity index (χ3n) is 3.96. The van der Waals surface area contributed by atoms with Crippen LogP contribution in [0, 0.1) is 17.8 Å². The molecule has 74 valence electrons. The fourth-order valence-corrected chi connectivity index (χ4v) is 2.96. The molecule has 0 bridgehead atoms. The Labute approximate surface area is 80.0 Å². The van der Waals surface area contributed by atoms with Crippen LogP contribution in [0.15, 0.2) is 0 Å². The molecule has 1 N–H and O–H groups in total. The first-order chi connectivity index (χ1) is 6.42. The summed E-state index contributed by atoms with van der Waals surface area (Å²) in [5.74, 6) is 3.02. The van der Waals surface area contributed by atoms with Crippen molar-refractivity contribution in [3.63, 3.8) is 0 Å². The van der Waals surface area contributed by atoms with Crippen LogP contribution in [0.5, 0.6) is 0 Å². The molecule has 2 nitrogen and oxygen atoms in total. The topological polar surface area (TPSA) is 21.3 Å². The smallest absolute Gasteiger partial charge is 0.0507 e. The predicted molar refractivity (Wildman–Crippen MR) is 51.5 cm³/mol. The van der Waals surface area contributed by atoms with E-state index in [1.807, 2.05) is 0 Å². The summed E-state index contributed by atoms with van der Waals surface area (Å²) in [6.07, 6.45) is 5.72. The zero-order chi connectivity index (χ0) is 8.67. The van der Waals surface area contributed by atoms with Gasteiger partial charge in [-0.2, -0.15) is 0 Å². The summed E-state index contributed by atoms with van der Waals surface area (Å²) in [5.41, 5.74) is 0. The van der Waals surface area contributed by atoms with Crippen LogP contribution in [0.4, 0.5) is 0 Å². The summed E-state index contributed by atoms with van der Waals surface area (Å²) in [4.78, 5) is 0. The van der Waals surface area contributed by atoms with Crippen LogP contribution in [0.3, 0.4) is 0 Å². The van der Waals surface area contributed by atoms with E-state index in [2.05, 4.69) is 5.32 Å². The SMILES string of the molecule is C1CC(CNC2CC3CC3C2)CO1. The molecule has 0 amide bonds. The molecule has 3 rings (SSSR count). The molecule has 1 saturated heterocycles. The lowest BCUT2D eigenvalue weighted by Gasteiger charge is -2.16. The zero-order valence-corrected chi connectivity index (χ0v) is 8.17. The Hall–Kier alpha value is -0.0800. The van der Waals surface area contributed by atoms with Crippen LogP contribution >= 0.6 is 0 Å². The van der Waals surface area contributed by atoms with Gasteiger partial charge in [-0.15, -0.1) is 0 Å². The fraction of sp³-hybridized carbons (Fsp3) is 1.00. The van der Waals surface area contributed by atoms with Gasteiger partial charge in [-0.25, -0.2) is 0 Å². The fourth-order valence-electron chi connectivity index (χ4n) is 2.96. The first kappa shape index (κ1) is 8.25. The van der Waals surface area contributed by atoms with Crippen LogP contribution < -0.4 is 5.32 Å². The quantitative estimate of drug-likeness (QED) is 0.711. The van der Waals surface area contributed by atoms with E-state index < -0.39 is 0 Å². The molecule has 3 atom stereocenters. The summed E-state index contributed by atoms with van der Waals surface area (Å²) < 4.78 is 5.36. The molecule has 3 aliphatic rings. The predicted octanol–water partition coefficient (Wildman–Crippen LogP) is 1.41. The third-order valence-corrected chi connectivity index (χ3v) is 3.96. The highest BCUT2D eigenvalue weighted by atomic mass is 16.5. The molecule has 0 radical (unpaired) electrons. The Bertz CT molecular complexity index is 179. The van der Waals surface area contributed by atoms with Crippen molar-refractivity contribution in [1.82, 2.24) is 5.32 Å². The van der Waals surface area contributed by atoms with E-state index in [-0.39, 0.29) is 0 Å². The van der Waals surface area contributed by atoms with Crippen molar-refractivity contribution < 1.29 is 4.74 Å². The summed E-state index contributed by atoms with van der Waals surface area (Å²) in [5, 5.41) is 3.70. The number of fused-ring (bicyclic) bond motifs is 1. The minimum atomic E-state index is 0.803. The summed E-state index contributed by atoms with van der Waals surface area (Å²) in [7, 11) is 0. The molecule has 1 heterocycles. The maximum atomic E-state index is 5.36. The highest BCUT2D eigenvalue weighted by Crippen LogP contribution is 2.51. The maximum Gasteiger partial charge on any atom is 0.0507 e. The molecular weight excluding hydrogens is 162 g/mol. The molecule has 0 aromatic heterocycles. The molecule has 3 unspecified atom stereocenters.